The monoisotopic (exact) mass is 230 g/mol. The van der Waals surface area contributed by atoms with E-state index in [4.69, 9.17) is 0 Å². The molecule has 0 aliphatic carbocycles. The van der Waals surface area contributed by atoms with Gasteiger partial charge in [0.1, 0.15) is 0 Å². The summed E-state index contributed by atoms with van der Waals surface area (Å²) in [5.41, 5.74) is 2.91. The van der Waals surface area contributed by atoms with Gasteiger partial charge in [0.25, 0.3) is 0 Å². The molecule has 0 aromatic heterocycles. The van der Waals surface area contributed by atoms with Gasteiger partial charge in [-0.05, 0) is 56.5 Å². The molecule has 2 saturated heterocycles. The first kappa shape index (κ1) is 11.1. The lowest BCUT2D eigenvalue weighted by Crippen LogP contribution is -2.20. The minimum atomic E-state index is 1.14. The molecule has 0 radical (unpaired) electrons. The summed E-state index contributed by atoms with van der Waals surface area (Å²) >= 11 is 0. The van der Waals surface area contributed by atoms with Crippen molar-refractivity contribution in [1.29, 1.82) is 0 Å². The number of benzene rings is 1. The van der Waals surface area contributed by atoms with Crippen molar-refractivity contribution in [3.8, 4) is 0 Å². The third kappa shape index (κ3) is 2.63. The van der Waals surface area contributed by atoms with Crippen LogP contribution >= 0.6 is 0 Å². The maximum Gasteiger partial charge on any atom is 0.0369 e. The van der Waals surface area contributed by atoms with Crippen molar-refractivity contribution in [2.75, 3.05) is 31.1 Å². The molecule has 2 fully saturated rings. The first-order valence-corrected chi connectivity index (χ1v) is 6.98. The molecule has 0 saturated carbocycles. The van der Waals surface area contributed by atoms with Gasteiger partial charge in [-0.25, -0.2) is 0 Å². The molecule has 3 rings (SSSR count). The Kier molecular flexibility index (Phi) is 3.32. The fraction of sp³-hybridized carbons (Fsp3) is 0.600. The highest BCUT2D eigenvalue weighted by molar-refractivity contribution is 5.49. The van der Waals surface area contributed by atoms with Crippen LogP contribution in [-0.2, 0) is 6.54 Å². The van der Waals surface area contributed by atoms with Gasteiger partial charge in [0.2, 0.25) is 0 Å². The van der Waals surface area contributed by atoms with Crippen LogP contribution in [0.4, 0.5) is 5.69 Å². The van der Waals surface area contributed by atoms with E-state index in [0.717, 1.165) is 6.54 Å². The topological polar surface area (TPSA) is 6.48 Å². The molecule has 0 bridgehead atoms. The normalized spacial score (nSPS) is 21.3. The van der Waals surface area contributed by atoms with Gasteiger partial charge in [0.05, 0.1) is 0 Å². The number of rotatable bonds is 3. The lowest BCUT2D eigenvalue weighted by atomic mass is 10.2. The zero-order valence-electron chi connectivity index (χ0n) is 10.6. The zero-order chi connectivity index (χ0) is 11.5. The molecule has 17 heavy (non-hydrogen) atoms. The van der Waals surface area contributed by atoms with Crippen LogP contribution in [0.25, 0.3) is 0 Å². The van der Waals surface area contributed by atoms with Crippen LogP contribution in [0.5, 0.6) is 0 Å². The number of hydrogen-bond donors (Lipinski definition) is 0. The van der Waals surface area contributed by atoms with E-state index in [0.29, 0.717) is 0 Å². The summed E-state index contributed by atoms with van der Waals surface area (Å²) < 4.78 is 0. The van der Waals surface area contributed by atoms with Gasteiger partial charge >= 0.3 is 0 Å². The highest BCUT2D eigenvalue weighted by Crippen LogP contribution is 2.22. The average molecular weight is 230 g/mol. The predicted molar refractivity (Wildman–Crippen MR) is 72.4 cm³/mol. The van der Waals surface area contributed by atoms with Crippen molar-refractivity contribution in [3.63, 3.8) is 0 Å². The van der Waals surface area contributed by atoms with E-state index in [1.165, 1.54) is 63.1 Å². The van der Waals surface area contributed by atoms with Crippen molar-refractivity contribution in [3.05, 3.63) is 29.8 Å². The number of anilines is 1. The molecule has 0 unspecified atom stereocenters. The van der Waals surface area contributed by atoms with Crippen LogP contribution in [0, 0.1) is 0 Å². The van der Waals surface area contributed by atoms with Gasteiger partial charge in [-0.3, -0.25) is 4.90 Å². The Labute approximate surface area is 104 Å². The Morgan fingerprint density at radius 1 is 0.882 bits per heavy atom. The predicted octanol–water partition coefficient (Wildman–Crippen LogP) is 2.88. The maximum atomic E-state index is 2.57. The summed E-state index contributed by atoms with van der Waals surface area (Å²) in [7, 11) is 0. The highest BCUT2D eigenvalue weighted by Gasteiger charge is 2.14. The zero-order valence-corrected chi connectivity index (χ0v) is 10.6. The lowest BCUT2D eigenvalue weighted by molar-refractivity contribution is 0.331. The van der Waals surface area contributed by atoms with Crippen molar-refractivity contribution >= 4 is 5.69 Å². The summed E-state index contributed by atoms with van der Waals surface area (Å²) in [5.74, 6) is 0. The van der Waals surface area contributed by atoms with E-state index in [1.807, 2.05) is 0 Å². The van der Waals surface area contributed by atoms with E-state index in [-0.39, 0.29) is 0 Å². The summed E-state index contributed by atoms with van der Waals surface area (Å²) in [4.78, 5) is 5.09. The van der Waals surface area contributed by atoms with Gasteiger partial charge in [0, 0.05) is 25.3 Å². The van der Waals surface area contributed by atoms with Crippen LogP contribution < -0.4 is 4.90 Å². The molecule has 1 aromatic carbocycles. The lowest BCUT2D eigenvalue weighted by Gasteiger charge is -2.20. The fourth-order valence-corrected chi connectivity index (χ4v) is 3.03. The Morgan fingerprint density at radius 2 is 1.59 bits per heavy atom. The second kappa shape index (κ2) is 5.09. The van der Waals surface area contributed by atoms with Gasteiger partial charge in [-0.1, -0.05) is 12.1 Å². The van der Waals surface area contributed by atoms with Crippen molar-refractivity contribution in [2.45, 2.75) is 32.2 Å². The van der Waals surface area contributed by atoms with Crippen LogP contribution in [0.15, 0.2) is 24.3 Å². The summed E-state index contributed by atoms with van der Waals surface area (Å²) in [5, 5.41) is 0. The molecule has 0 spiro atoms. The van der Waals surface area contributed by atoms with Gasteiger partial charge < -0.3 is 4.90 Å². The minimum absolute atomic E-state index is 1.14. The molecule has 2 aliphatic rings. The SMILES string of the molecule is c1cc(CN2CCCC2)cc(N2CCCC2)c1. The van der Waals surface area contributed by atoms with E-state index in [1.54, 1.807) is 0 Å². The molecule has 92 valence electrons. The summed E-state index contributed by atoms with van der Waals surface area (Å²) in [6.45, 7) is 6.20. The second-order valence-corrected chi connectivity index (χ2v) is 5.35. The number of hydrogen-bond acceptors (Lipinski definition) is 2. The number of nitrogens with zero attached hydrogens (tertiary/aromatic N) is 2. The Bertz CT molecular complexity index is 363. The van der Waals surface area contributed by atoms with Gasteiger partial charge in [-0.15, -0.1) is 0 Å². The summed E-state index contributed by atoms with van der Waals surface area (Å²) in [6, 6.07) is 9.15. The van der Waals surface area contributed by atoms with E-state index < -0.39 is 0 Å². The van der Waals surface area contributed by atoms with Crippen LogP contribution in [0.3, 0.4) is 0 Å². The fourth-order valence-electron chi connectivity index (χ4n) is 3.03. The average Bonchev–Trinajstić information content (AvgIpc) is 3.01. The maximum absolute atomic E-state index is 2.57. The molecule has 2 heterocycles. The first-order valence-electron chi connectivity index (χ1n) is 6.98. The van der Waals surface area contributed by atoms with E-state index in [2.05, 4.69) is 34.1 Å². The molecule has 2 heteroatoms. The second-order valence-electron chi connectivity index (χ2n) is 5.35. The molecular formula is C15H22N2. The third-order valence-corrected chi connectivity index (χ3v) is 3.99. The standard InChI is InChI=1S/C15H22N2/c1-2-9-16(8-1)13-14-6-5-7-15(12-14)17-10-3-4-11-17/h5-7,12H,1-4,8-11,13H2. The van der Waals surface area contributed by atoms with Crippen molar-refractivity contribution < 1.29 is 0 Å². The van der Waals surface area contributed by atoms with E-state index >= 15 is 0 Å². The summed E-state index contributed by atoms with van der Waals surface area (Å²) in [6.07, 6.45) is 5.48. The van der Waals surface area contributed by atoms with Crippen LogP contribution in [-0.4, -0.2) is 31.1 Å². The molecule has 0 N–H and O–H groups in total. The van der Waals surface area contributed by atoms with Crippen LogP contribution in [0.2, 0.25) is 0 Å². The Morgan fingerprint density at radius 3 is 2.35 bits per heavy atom. The molecule has 2 nitrogen and oxygen atoms in total. The smallest absolute Gasteiger partial charge is 0.0369 e. The third-order valence-electron chi connectivity index (χ3n) is 3.99. The Hall–Kier alpha value is -1.02. The highest BCUT2D eigenvalue weighted by atomic mass is 15.1. The van der Waals surface area contributed by atoms with Crippen molar-refractivity contribution in [1.82, 2.24) is 4.90 Å². The molecule has 0 amide bonds. The molecule has 1 aromatic rings. The quantitative estimate of drug-likeness (QED) is 0.788. The van der Waals surface area contributed by atoms with Crippen LogP contribution in [0.1, 0.15) is 31.2 Å². The molecular weight excluding hydrogens is 208 g/mol. The van der Waals surface area contributed by atoms with Gasteiger partial charge in [-0.2, -0.15) is 0 Å². The Balaban J connectivity index is 1.69. The van der Waals surface area contributed by atoms with Crippen molar-refractivity contribution in [2.24, 2.45) is 0 Å². The molecule has 0 atom stereocenters. The largest absolute Gasteiger partial charge is 0.372 e. The first-order chi connectivity index (χ1) is 8.42. The number of likely N-dealkylation sites (tertiary alicyclic amines) is 1. The van der Waals surface area contributed by atoms with E-state index in [9.17, 15) is 0 Å². The van der Waals surface area contributed by atoms with Gasteiger partial charge in [0.15, 0.2) is 0 Å². The molecule has 2 aliphatic heterocycles. The minimum Gasteiger partial charge on any atom is -0.372 e.